The SMILES string of the molecule is CC1CCCCC1.CCOc1c(C)ccc2cnc(C)nc12.CN(C)C=O. The zero-order chi connectivity index (χ0) is 20.2. The summed E-state index contributed by atoms with van der Waals surface area (Å²) in [6, 6.07) is 4.05. The fourth-order valence-corrected chi connectivity index (χ4v) is 2.89. The van der Waals surface area contributed by atoms with Crippen LogP contribution in [0.15, 0.2) is 18.3 Å². The van der Waals surface area contributed by atoms with E-state index in [9.17, 15) is 4.79 Å². The van der Waals surface area contributed by atoms with Gasteiger partial charge in [0, 0.05) is 25.7 Å². The molecular weight excluding hydrogens is 338 g/mol. The lowest BCUT2D eigenvalue weighted by molar-refractivity contribution is -0.115. The van der Waals surface area contributed by atoms with E-state index in [1.807, 2.05) is 39.1 Å². The van der Waals surface area contributed by atoms with Crippen molar-refractivity contribution in [1.29, 1.82) is 0 Å². The lowest BCUT2D eigenvalue weighted by Crippen LogP contribution is -2.06. The molecular formula is C22H35N3O2. The molecule has 1 aromatic heterocycles. The summed E-state index contributed by atoms with van der Waals surface area (Å²) in [5.41, 5.74) is 2.02. The van der Waals surface area contributed by atoms with Crippen LogP contribution in [0.1, 0.15) is 57.3 Å². The molecule has 1 aliphatic rings. The normalized spacial score (nSPS) is 13.7. The summed E-state index contributed by atoms with van der Waals surface area (Å²) in [4.78, 5) is 19.5. The van der Waals surface area contributed by atoms with Gasteiger partial charge >= 0.3 is 0 Å². The van der Waals surface area contributed by atoms with Gasteiger partial charge in [0.05, 0.1) is 6.61 Å². The Kier molecular flexibility index (Phi) is 10.4. The van der Waals surface area contributed by atoms with Crippen LogP contribution in [0.25, 0.3) is 10.9 Å². The Hall–Kier alpha value is -2.17. The van der Waals surface area contributed by atoms with Crippen molar-refractivity contribution in [2.75, 3.05) is 20.7 Å². The maximum atomic E-state index is 9.43. The maximum Gasteiger partial charge on any atom is 0.209 e. The molecule has 0 saturated heterocycles. The molecule has 3 rings (SSSR count). The number of aryl methyl sites for hydroxylation is 2. The number of ether oxygens (including phenoxy) is 1. The number of carbonyl (C=O) groups is 1. The lowest BCUT2D eigenvalue weighted by Gasteiger charge is -2.15. The van der Waals surface area contributed by atoms with Crippen LogP contribution in [-0.4, -0.2) is 42.0 Å². The van der Waals surface area contributed by atoms with Crippen molar-refractivity contribution in [2.24, 2.45) is 5.92 Å². The first kappa shape index (κ1) is 22.9. The molecule has 0 aliphatic heterocycles. The molecule has 1 saturated carbocycles. The number of benzene rings is 1. The molecule has 5 nitrogen and oxygen atoms in total. The molecule has 0 spiro atoms. The fourth-order valence-electron chi connectivity index (χ4n) is 2.89. The number of hydrogen-bond acceptors (Lipinski definition) is 4. The van der Waals surface area contributed by atoms with Crippen LogP contribution in [0.2, 0.25) is 0 Å². The van der Waals surface area contributed by atoms with Gasteiger partial charge in [0.1, 0.15) is 17.1 Å². The molecule has 0 atom stereocenters. The Morgan fingerprint density at radius 1 is 1.19 bits per heavy atom. The van der Waals surface area contributed by atoms with Crippen LogP contribution < -0.4 is 4.74 Å². The van der Waals surface area contributed by atoms with E-state index in [2.05, 4.69) is 16.9 Å². The number of hydrogen-bond donors (Lipinski definition) is 0. The van der Waals surface area contributed by atoms with E-state index in [1.165, 1.54) is 37.0 Å². The average Bonchev–Trinajstić information content (AvgIpc) is 2.66. The number of carbonyl (C=O) groups excluding carboxylic acids is 1. The van der Waals surface area contributed by atoms with Crippen molar-refractivity contribution in [1.82, 2.24) is 14.9 Å². The first-order valence-corrected chi connectivity index (χ1v) is 9.86. The molecule has 1 aromatic carbocycles. The van der Waals surface area contributed by atoms with Crippen molar-refractivity contribution in [3.05, 3.63) is 29.7 Å². The molecule has 2 aromatic rings. The minimum absolute atomic E-state index is 0.656. The first-order chi connectivity index (χ1) is 12.9. The van der Waals surface area contributed by atoms with Gasteiger partial charge in [-0.2, -0.15) is 0 Å². The molecule has 0 bridgehead atoms. The third-order valence-electron chi connectivity index (χ3n) is 4.42. The van der Waals surface area contributed by atoms with Crippen molar-refractivity contribution in [3.63, 3.8) is 0 Å². The van der Waals surface area contributed by atoms with Crippen LogP contribution in [0, 0.1) is 19.8 Å². The van der Waals surface area contributed by atoms with Gasteiger partial charge in [-0.05, 0) is 32.3 Å². The third kappa shape index (κ3) is 8.37. The molecule has 0 N–H and O–H groups in total. The molecule has 1 heterocycles. The zero-order valence-electron chi connectivity index (χ0n) is 17.8. The Morgan fingerprint density at radius 2 is 1.81 bits per heavy atom. The predicted octanol–water partition coefficient (Wildman–Crippen LogP) is 4.94. The van der Waals surface area contributed by atoms with Gasteiger partial charge in [-0.1, -0.05) is 51.2 Å². The highest BCUT2D eigenvalue weighted by Crippen LogP contribution is 2.27. The fraction of sp³-hybridized carbons (Fsp3) is 0.591. The number of nitrogens with zero attached hydrogens (tertiary/aromatic N) is 3. The largest absolute Gasteiger partial charge is 0.491 e. The van der Waals surface area contributed by atoms with Crippen LogP contribution in [0.3, 0.4) is 0 Å². The van der Waals surface area contributed by atoms with Crippen LogP contribution in [0.5, 0.6) is 5.75 Å². The maximum absolute atomic E-state index is 9.43. The Labute approximate surface area is 164 Å². The Morgan fingerprint density at radius 3 is 2.30 bits per heavy atom. The highest BCUT2D eigenvalue weighted by atomic mass is 16.5. The van der Waals surface area contributed by atoms with Crippen LogP contribution in [-0.2, 0) is 4.79 Å². The molecule has 0 radical (unpaired) electrons. The molecule has 150 valence electrons. The van der Waals surface area contributed by atoms with E-state index >= 15 is 0 Å². The second-order valence-corrected chi connectivity index (χ2v) is 7.31. The summed E-state index contributed by atoms with van der Waals surface area (Å²) in [5.74, 6) is 2.68. The Bertz CT molecular complexity index is 690. The number of amides is 1. The third-order valence-corrected chi connectivity index (χ3v) is 4.42. The molecule has 5 heteroatoms. The van der Waals surface area contributed by atoms with E-state index < -0.39 is 0 Å². The van der Waals surface area contributed by atoms with Gasteiger partial charge in [0.25, 0.3) is 0 Å². The van der Waals surface area contributed by atoms with E-state index in [0.29, 0.717) is 6.61 Å². The summed E-state index contributed by atoms with van der Waals surface area (Å²) in [6.45, 7) is 8.91. The smallest absolute Gasteiger partial charge is 0.209 e. The second-order valence-electron chi connectivity index (χ2n) is 7.31. The highest BCUT2D eigenvalue weighted by molar-refractivity contribution is 5.85. The summed E-state index contributed by atoms with van der Waals surface area (Å²) in [7, 11) is 3.38. The lowest BCUT2D eigenvalue weighted by atomic mass is 9.91. The Balaban J connectivity index is 0.000000252. The van der Waals surface area contributed by atoms with E-state index in [4.69, 9.17) is 4.74 Å². The van der Waals surface area contributed by atoms with Gasteiger partial charge in [0.15, 0.2) is 0 Å². The van der Waals surface area contributed by atoms with Gasteiger partial charge < -0.3 is 9.64 Å². The van der Waals surface area contributed by atoms with E-state index in [-0.39, 0.29) is 0 Å². The van der Waals surface area contributed by atoms with E-state index in [0.717, 1.165) is 40.4 Å². The molecule has 0 unspecified atom stereocenters. The van der Waals surface area contributed by atoms with Crippen molar-refractivity contribution >= 4 is 17.3 Å². The number of fused-ring (bicyclic) bond motifs is 1. The predicted molar refractivity (Wildman–Crippen MR) is 112 cm³/mol. The van der Waals surface area contributed by atoms with Gasteiger partial charge in [0.2, 0.25) is 6.41 Å². The van der Waals surface area contributed by atoms with E-state index in [1.54, 1.807) is 14.1 Å². The zero-order valence-corrected chi connectivity index (χ0v) is 17.8. The molecule has 1 fully saturated rings. The first-order valence-electron chi connectivity index (χ1n) is 9.86. The second kappa shape index (κ2) is 12.3. The van der Waals surface area contributed by atoms with Crippen LogP contribution >= 0.6 is 0 Å². The topological polar surface area (TPSA) is 55.3 Å². The summed E-state index contributed by atoms with van der Waals surface area (Å²) >= 11 is 0. The number of rotatable bonds is 3. The van der Waals surface area contributed by atoms with Gasteiger partial charge in [-0.15, -0.1) is 0 Å². The van der Waals surface area contributed by atoms with Crippen LogP contribution in [0.4, 0.5) is 0 Å². The quantitative estimate of drug-likeness (QED) is 0.715. The monoisotopic (exact) mass is 373 g/mol. The summed E-state index contributed by atoms with van der Waals surface area (Å²) in [5, 5.41) is 1.02. The highest BCUT2D eigenvalue weighted by Gasteiger charge is 2.07. The van der Waals surface area contributed by atoms with Crippen molar-refractivity contribution < 1.29 is 9.53 Å². The van der Waals surface area contributed by atoms with Gasteiger partial charge in [-0.3, -0.25) is 4.79 Å². The molecule has 1 aliphatic carbocycles. The van der Waals surface area contributed by atoms with Crippen molar-refractivity contribution in [2.45, 2.75) is 59.8 Å². The minimum atomic E-state index is 0.656. The molecule has 27 heavy (non-hydrogen) atoms. The summed E-state index contributed by atoms with van der Waals surface area (Å²) < 4.78 is 5.61. The average molecular weight is 374 g/mol. The summed E-state index contributed by atoms with van der Waals surface area (Å²) in [6.07, 6.45) is 10.0. The molecule has 1 amide bonds. The standard InChI is InChI=1S/C12H14N2O.C7H14.C3H7NO/c1-4-15-12-8(2)5-6-10-7-13-9(3)14-11(10)12;1-7-5-3-2-4-6-7;1-4(2)3-5/h5-7H,4H2,1-3H3;7H,2-6H2,1H3;3H,1-2H3. The van der Waals surface area contributed by atoms with Crippen molar-refractivity contribution in [3.8, 4) is 5.75 Å². The van der Waals surface area contributed by atoms with Gasteiger partial charge in [-0.25, -0.2) is 9.97 Å². The number of aromatic nitrogens is 2. The minimum Gasteiger partial charge on any atom is -0.491 e.